The monoisotopic (exact) mass is 192 g/mol. The zero-order chi connectivity index (χ0) is 8.69. The molecule has 0 aromatic carbocycles. The average molecular weight is 192 g/mol. The number of thioether (sulfide) groups is 2. The molecular formula is C7H12O2S2. The van der Waals surface area contributed by atoms with E-state index in [0.717, 1.165) is 0 Å². The van der Waals surface area contributed by atoms with Crippen LogP contribution in [-0.2, 0) is 9.59 Å². The van der Waals surface area contributed by atoms with Crippen LogP contribution in [-0.4, -0.2) is 22.7 Å². The Morgan fingerprint density at radius 3 is 1.64 bits per heavy atom. The van der Waals surface area contributed by atoms with Crippen molar-refractivity contribution in [2.75, 3.05) is 12.5 Å². The van der Waals surface area contributed by atoms with E-state index in [1.807, 2.05) is 0 Å². The molecule has 0 saturated heterocycles. The van der Waals surface area contributed by atoms with Gasteiger partial charge >= 0.3 is 0 Å². The second kappa shape index (κ2) is 6.73. The zero-order valence-electron chi connectivity index (χ0n) is 6.75. The minimum absolute atomic E-state index is 0.166. The van der Waals surface area contributed by atoms with E-state index in [1.165, 1.54) is 23.5 Å². The third-order valence-electron chi connectivity index (χ3n) is 1.22. The fraction of sp³-hybridized carbons (Fsp3) is 0.714. The first-order chi connectivity index (χ1) is 5.20. The van der Waals surface area contributed by atoms with Gasteiger partial charge < -0.3 is 0 Å². The number of carbonyl (C=O) groups excluding carboxylic acids is 2. The molecule has 0 N–H and O–H groups in total. The maximum Gasteiger partial charge on any atom is 0.188 e. The first-order valence-electron chi connectivity index (χ1n) is 3.34. The molecule has 0 fully saturated rings. The Labute approximate surface area is 75.5 Å². The van der Waals surface area contributed by atoms with Crippen molar-refractivity contribution in [2.45, 2.75) is 19.3 Å². The van der Waals surface area contributed by atoms with E-state index in [9.17, 15) is 9.59 Å². The lowest BCUT2D eigenvalue weighted by molar-refractivity contribution is -0.112. The van der Waals surface area contributed by atoms with E-state index in [0.29, 0.717) is 19.3 Å². The van der Waals surface area contributed by atoms with Crippen LogP contribution < -0.4 is 0 Å². The van der Waals surface area contributed by atoms with Gasteiger partial charge in [0, 0.05) is 12.8 Å². The number of hydrogen-bond acceptors (Lipinski definition) is 4. The van der Waals surface area contributed by atoms with Crippen molar-refractivity contribution in [1.82, 2.24) is 0 Å². The van der Waals surface area contributed by atoms with Crippen LogP contribution in [0, 0.1) is 0 Å². The second-order valence-electron chi connectivity index (χ2n) is 2.01. The summed E-state index contributed by atoms with van der Waals surface area (Å²) in [6.07, 6.45) is 5.26. The van der Waals surface area contributed by atoms with Crippen LogP contribution in [0.15, 0.2) is 0 Å². The first kappa shape index (κ1) is 11.0. The summed E-state index contributed by atoms with van der Waals surface area (Å²) in [6.45, 7) is 0. The molecule has 0 heterocycles. The smallest absolute Gasteiger partial charge is 0.188 e. The van der Waals surface area contributed by atoms with E-state index in [1.54, 1.807) is 12.5 Å². The molecule has 0 spiro atoms. The van der Waals surface area contributed by atoms with E-state index >= 15 is 0 Å². The van der Waals surface area contributed by atoms with E-state index in [2.05, 4.69) is 0 Å². The summed E-state index contributed by atoms with van der Waals surface area (Å²) in [7, 11) is 0. The molecule has 0 rings (SSSR count). The van der Waals surface area contributed by atoms with Gasteiger partial charge in [0.25, 0.3) is 0 Å². The molecule has 0 saturated carbocycles. The van der Waals surface area contributed by atoms with Gasteiger partial charge in [0.1, 0.15) is 0 Å². The highest BCUT2D eigenvalue weighted by atomic mass is 32.2. The third-order valence-corrected chi connectivity index (χ3v) is 2.54. The molecule has 0 aromatic rings. The molecule has 0 aliphatic rings. The Kier molecular flexibility index (Phi) is 6.76. The minimum Gasteiger partial charge on any atom is -0.287 e. The maximum atomic E-state index is 10.7. The first-order valence-corrected chi connectivity index (χ1v) is 5.79. The van der Waals surface area contributed by atoms with Gasteiger partial charge in [-0.15, -0.1) is 0 Å². The van der Waals surface area contributed by atoms with Crippen molar-refractivity contribution in [3.05, 3.63) is 0 Å². The Morgan fingerprint density at radius 1 is 1.00 bits per heavy atom. The SMILES string of the molecule is CSC(=O)CCCC(=O)SC. The van der Waals surface area contributed by atoms with E-state index < -0.39 is 0 Å². The molecule has 0 radical (unpaired) electrons. The lowest BCUT2D eigenvalue weighted by Gasteiger charge is -1.95. The summed E-state index contributed by atoms with van der Waals surface area (Å²) in [5.74, 6) is 0. The highest BCUT2D eigenvalue weighted by molar-refractivity contribution is 8.13. The van der Waals surface area contributed by atoms with Gasteiger partial charge in [-0.05, 0) is 18.9 Å². The Morgan fingerprint density at radius 2 is 1.36 bits per heavy atom. The van der Waals surface area contributed by atoms with Gasteiger partial charge in [-0.25, -0.2) is 0 Å². The Bertz CT molecular complexity index is 129. The lowest BCUT2D eigenvalue weighted by Crippen LogP contribution is -1.94. The topological polar surface area (TPSA) is 34.1 Å². The molecule has 0 aromatic heterocycles. The quantitative estimate of drug-likeness (QED) is 0.681. The molecular weight excluding hydrogens is 180 g/mol. The number of rotatable bonds is 4. The molecule has 0 bridgehead atoms. The van der Waals surface area contributed by atoms with Crippen LogP contribution in [0.25, 0.3) is 0 Å². The largest absolute Gasteiger partial charge is 0.287 e. The van der Waals surface area contributed by atoms with E-state index in [4.69, 9.17) is 0 Å². The van der Waals surface area contributed by atoms with Crippen molar-refractivity contribution >= 4 is 33.8 Å². The second-order valence-corrected chi connectivity index (χ2v) is 3.73. The molecule has 64 valence electrons. The van der Waals surface area contributed by atoms with Crippen molar-refractivity contribution < 1.29 is 9.59 Å². The maximum absolute atomic E-state index is 10.7. The highest BCUT2D eigenvalue weighted by Crippen LogP contribution is 2.08. The minimum atomic E-state index is 0.166. The van der Waals surface area contributed by atoms with Gasteiger partial charge in [-0.2, -0.15) is 0 Å². The fourth-order valence-electron chi connectivity index (χ4n) is 0.581. The third kappa shape index (κ3) is 6.44. The van der Waals surface area contributed by atoms with Crippen molar-refractivity contribution in [2.24, 2.45) is 0 Å². The lowest BCUT2D eigenvalue weighted by atomic mass is 10.3. The van der Waals surface area contributed by atoms with Crippen LogP contribution in [0.4, 0.5) is 0 Å². The summed E-state index contributed by atoms with van der Waals surface area (Å²) >= 11 is 2.45. The summed E-state index contributed by atoms with van der Waals surface area (Å²) in [6, 6.07) is 0. The van der Waals surface area contributed by atoms with Gasteiger partial charge in [-0.3, -0.25) is 9.59 Å². The predicted molar refractivity (Wildman–Crippen MR) is 50.9 cm³/mol. The average Bonchev–Trinajstić information content (AvgIpc) is 2.04. The predicted octanol–water partition coefficient (Wildman–Crippen LogP) is 1.94. The number of hydrogen-bond donors (Lipinski definition) is 0. The molecule has 11 heavy (non-hydrogen) atoms. The molecule has 0 unspecified atom stereocenters. The Hall–Kier alpha value is 0.0400. The molecule has 0 aliphatic carbocycles. The van der Waals surface area contributed by atoms with Crippen molar-refractivity contribution in [3.63, 3.8) is 0 Å². The zero-order valence-corrected chi connectivity index (χ0v) is 8.39. The normalized spacial score (nSPS) is 9.64. The molecule has 0 amide bonds. The fourth-order valence-corrected chi connectivity index (χ4v) is 1.28. The van der Waals surface area contributed by atoms with Gasteiger partial charge in [0.2, 0.25) is 0 Å². The number of carbonyl (C=O) groups is 2. The van der Waals surface area contributed by atoms with Crippen LogP contribution in [0.2, 0.25) is 0 Å². The Balaban J connectivity index is 3.27. The summed E-state index contributed by atoms with van der Waals surface area (Å²) in [5, 5.41) is 0.331. The summed E-state index contributed by atoms with van der Waals surface area (Å²) in [5.41, 5.74) is 0. The molecule has 0 atom stereocenters. The van der Waals surface area contributed by atoms with Crippen LogP contribution in [0.1, 0.15) is 19.3 Å². The standard InChI is InChI=1S/C7H12O2S2/c1-10-6(8)4-3-5-7(9)11-2/h3-5H2,1-2H3. The van der Waals surface area contributed by atoms with Crippen molar-refractivity contribution in [1.29, 1.82) is 0 Å². The highest BCUT2D eigenvalue weighted by Gasteiger charge is 2.02. The molecule has 4 heteroatoms. The van der Waals surface area contributed by atoms with Crippen LogP contribution in [0.3, 0.4) is 0 Å². The van der Waals surface area contributed by atoms with Gasteiger partial charge in [-0.1, -0.05) is 23.5 Å². The molecule has 0 aliphatic heterocycles. The van der Waals surface area contributed by atoms with Crippen LogP contribution in [0.5, 0.6) is 0 Å². The molecule has 2 nitrogen and oxygen atoms in total. The summed E-state index contributed by atoms with van der Waals surface area (Å²) < 4.78 is 0. The van der Waals surface area contributed by atoms with E-state index in [-0.39, 0.29) is 10.2 Å². The van der Waals surface area contributed by atoms with Gasteiger partial charge in [0.05, 0.1) is 0 Å². The van der Waals surface area contributed by atoms with Gasteiger partial charge in [0.15, 0.2) is 10.2 Å². The van der Waals surface area contributed by atoms with Crippen molar-refractivity contribution in [3.8, 4) is 0 Å². The van der Waals surface area contributed by atoms with Crippen LogP contribution >= 0.6 is 23.5 Å². The summed E-state index contributed by atoms with van der Waals surface area (Å²) in [4.78, 5) is 21.5.